The third kappa shape index (κ3) is 2.23. The van der Waals surface area contributed by atoms with Crippen LogP contribution in [0.1, 0.15) is 23.7 Å². The van der Waals surface area contributed by atoms with Gasteiger partial charge in [-0.15, -0.1) is 0 Å². The van der Waals surface area contributed by atoms with Gasteiger partial charge in [0.05, 0.1) is 6.61 Å². The van der Waals surface area contributed by atoms with Gasteiger partial charge in [0.15, 0.2) is 5.78 Å². The Labute approximate surface area is 107 Å². The van der Waals surface area contributed by atoms with Crippen molar-refractivity contribution >= 4 is 17.4 Å². The summed E-state index contributed by atoms with van der Waals surface area (Å²) in [5.74, 6) is -1.21. The van der Waals surface area contributed by atoms with Gasteiger partial charge in [0.2, 0.25) is 0 Å². The van der Waals surface area contributed by atoms with E-state index in [4.69, 9.17) is 4.74 Å². The van der Waals surface area contributed by atoms with Gasteiger partial charge in [-0.2, -0.15) is 0 Å². The lowest BCUT2D eigenvalue weighted by atomic mass is 9.95. The number of fused-ring (bicyclic) bond motifs is 1. The second-order valence-electron chi connectivity index (χ2n) is 4.40. The first kappa shape index (κ1) is 12.6. The first-order valence-electron chi connectivity index (χ1n) is 6.16. The minimum atomic E-state index is -0.670. The number of hydrogen-bond acceptors (Lipinski definition) is 4. The van der Waals surface area contributed by atoms with Gasteiger partial charge in [-0.1, -0.05) is 12.1 Å². The number of para-hydroxylation sites is 1. The fourth-order valence-electron chi connectivity index (χ4n) is 2.24. The summed E-state index contributed by atoms with van der Waals surface area (Å²) in [6.07, 6.45) is 0.503. The van der Waals surface area contributed by atoms with Crippen molar-refractivity contribution in [2.75, 3.05) is 25.1 Å². The van der Waals surface area contributed by atoms with Crippen LogP contribution in [0, 0.1) is 5.92 Å². The van der Waals surface area contributed by atoms with E-state index in [9.17, 15) is 9.59 Å². The van der Waals surface area contributed by atoms with Crippen LogP contribution in [0.15, 0.2) is 24.3 Å². The molecule has 2 rings (SSSR count). The van der Waals surface area contributed by atoms with E-state index in [1.807, 2.05) is 30.1 Å². The van der Waals surface area contributed by atoms with E-state index in [1.165, 1.54) is 0 Å². The molecule has 1 aliphatic heterocycles. The molecule has 4 heteroatoms. The standard InChI is InChI=1S/C14H17NO3/c1-3-18-14(17)11-8-9-15(2)12-7-5-4-6-10(12)13(11)16/h4-7,11H,3,8-9H2,1-2H3/t11-/m0/s1. The van der Waals surface area contributed by atoms with Crippen molar-refractivity contribution < 1.29 is 14.3 Å². The highest BCUT2D eigenvalue weighted by Crippen LogP contribution is 2.28. The Morgan fingerprint density at radius 2 is 2.17 bits per heavy atom. The number of ketones is 1. The zero-order valence-corrected chi connectivity index (χ0v) is 10.7. The summed E-state index contributed by atoms with van der Waals surface area (Å²) >= 11 is 0. The maximum Gasteiger partial charge on any atom is 0.316 e. The Morgan fingerprint density at radius 3 is 2.89 bits per heavy atom. The van der Waals surface area contributed by atoms with Gasteiger partial charge in [0.1, 0.15) is 5.92 Å². The van der Waals surface area contributed by atoms with Crippen LogP contribution in [0.4, 0.5) is 5.69 Å². The zero-order chi connectivity index (χ0) is 13.1. The first-order valence-corrected chi connectivity index (χ1v) is 6.16. The first-order chi connectivity index (χ1) is 8.65. The van der Waals surface area contributed by atoms with Gasteiger partial charge in [-0.3, -0.25) is 9.59 Å². The topological polar surface area (TPSA) is 46.6 Å². The molecule has 0 bridgehead atoms. The van der Waals surface area contributed by atoms with Crippen molar-refractivity contribution in [3.8, 4) is 0 Å². The number of anilines is 1. The number of carbonyl (C=O) groups is 2. The molecule has 1 aromatic carbocycles. The summed E-state index contributed by atoms with van der Waals surface area (Å²) in [4.78, 5) is 26.2. The summed E-state index contributed by atoms with van der Waals surface area (Å²) in [6.45, 7) is 2.73. The Balaban J connectivity index is 2.35. The number of carbonyl (C=O) groups excluding carboxylic acids is 2. The fourth-order valence-corrected chi connectivity index (χ4v) is 2.24. The highest BCUT2D eigenvalue weighted by atomic mass is 16.5. The van der Waals surface area contributed by atoms with Crippen molar-refractivity contribution in [2.24, 2.45) is 5.92 Å². The number of ether oxygens (including phenoxy) is 1. The summed E-state index contributed by atoms with van der Waals surface area (Å²) in [5.41, 5.74) is 1.49. The minimum absolute atomic E-state index is 0.131. The third-order valence-electron chi connectivity index (χ3n) is 3.22. The number of nitrogens with zero attached hydrogens (tertiary/aromatic N) is 1. The Hall–Kier alpha value is -1.84. The molecule has 0 unspecified atom stereocenters. The van der Waals surface area contributed by atoms with Gasteiger partial charge < -0.3 is 9.64 Å². The van der Waals surface area contributed by atoms with E-state index in [0.717, 1.165) is 5.69 Å². The van der Waals surface area contributed by atoms with Crippen molar-refractivity contribution in [3.05, 3.63) is 29.8 Å². The lowest BCUT2D eigenvalue weighted by Crippen LogP contribution is -2.27. The molecule has 0 saturated heterocycles. The molecule has 0 saturated carbocycles. The molecule has 1 aliphatic rings. The number of benzene rings is 1. The van der Waals surface area contributed by atoms with Gasteiger partial charge in [0.25, 0.3) is 0 Å². The average molecular weight is 247 g/mol. The van der Waals surface area contributed by atoms with Crippen LogP contribution in [-0.4, -0.2) is 32.0 Å². The number of rotatable bonds is 2. The fraction of sp³-hybridized carbons (Fsp3) is 0.429. The molecule has 1 heterocycles. The van der Waals surface area contributed by atoms with Crippen LogP contribution in [0.2, 0.25) is 0 Å². The van der Waals surface area contributed by atoms with E-state index in [1.54, 1.807) is 13.0 Å². The largest absolute Gasteiger partial charge is 0.465 e. The molecule has 1 atom stereocenters. The van der Waals surface area contributed by atoms with Crippen molar-refractivity contribution in [1.82, 2.24) is 0 Å². The molecular weight excluding hydrogens is 230 g/mol. The summed E-state index contributed by atoms with van der Waals surface area (Å²) in [7, 11) is 1.93. The molecular formula is C14H17NO3. The molecule has 18 heavy (non-hydrogen) atoms. The maximum atomic E-state index is 12.4. The molecule has 0 radical (unpaired) electrons. The van der Waals surface area contributed by atoms with Crippen molar-refractivity contribution in [1.29, 1.82) is 0 Å². The average Bonchev–Trinajstić information content (AvgIpc) is 2.50. The predicted octanol–water partition coefficient (Wildman–Crippen LogP) is 1.89. The molecule has 0 spiro atoms. The Kier molecular flexibility index (Phi) is 3.65. The normalized spacial score (nSPS) is 19.1. The Bertz CT molecular complexity index is 470. The monoisotopic (exact) mass is 247 g/mol. The van der Waals surface area contributed by atoms with Crippen molar-refractivity contribution in [2.45, 2.75) is 13.3 Å². The predicted molar refractivity (Wildman–Crippen MR) is 68.8 cm³/mol. The second-order valence-corrected chi connectivity index (χ2v) is 4.40. The SMILES string of the molecule is CCOC(=O)[C@H]1CCN(C)c2ccccc2C1=O. The molecule has 0 amide bonds. The lowest BCUT2D eigenvalue weighted by Gasteiger charge is -2.17. The minimum Gasteiger partial charge on any atom is -0.465 e. The lowest BCUT2D eigenvalue weighted by molar-refractivity contribution is -0.146. The molecule has 4 nitrogen and oxygen atoms in total. The quantitative estimate of drug-likeness (QED) is 0.591. The van der Waals surface area contributed by atoms with Crippen LogP contribution in [-0.2, 0) is 9.53 Å². The highest BCUT2D eigenvalue weighted by molar-refractivity contribution is 6.12. The smallest absolute Gasteiger partial charge is 0.316 e. The van der Waals surface area contributed by atoms with Gasteiger partial charge >= 0.3 is 5.97 Å². The number of Topliss-reactive ketones (excluding diaryl/α,β-unsaturated/α-hetero) is 1. The van der Waals surface area contributed by atoms with Gasteiger partial charge in [0, 0.05) is 24.8 Å². The molecule has 0 aliphatic carbocycles. The summed E-state index contributed by atoms with van der Waals surface area (Å²) < 4.78 is 4.98. The third-order valence-corrected chi connectivity index (χ3v) is 3.22. The molecule has 96 valence electrons. The maximum absolute atomic E-state index is 12.4. The van der Waals surface area contributed by atoms with Gasteiger partial charge in [-0.05, 0) is 25.5 Å². The second kappa shape index (κ2) is 5.21. The van der Waals surface area contributed by atoms with Crippen molar-refractivity contribution in [3.63, 3.8) is 0 Å². The van der Waals surface area contributed by atoms with E-state index in [0.29, 0.717) is 25.1 Å². The van der Waals surface area contributed by atoms with Crippen LogP contribution in [0.5, 0.6) is 0 Å². The van der Waals surface area contributed by atoms with E-state index < -0.39 is 11.9 Å². The number of hydrogen-bond donors (Lipinski definition) is 0. The van der Waals surface area contributed by atoms with Crippen LogP contribution in [0.3, 0.4) is 0 Å². The summed E-state index contributed by atoms with van der Waals surface area (Å²) in [6, 6.07) is 7.39. The Morgan fingerprint density at radius 1 is 1.44 bits per heavy atom. The summed E-state index contributed by atoms with van der Waals surface area (Å²) in [5, 5.41) is 0. The zero-order valence-electron chi connectivity index (χ0n) is 10.7. The van der Waals surface area contributed by atoms with E-state index in [-0.39, 0.29) is 5.78 Å². The molecule has 0 fully saturated rings. The van der Waals surface area contributed by atoms with E-state index in [2.05, 4.69) is 0 Å². The number of esters is 1. The van der Waals surface area contributed by atoms with Gasteiger partial charge in [-0.25, -0.2) is 0 Å². The highest BCUT2D eigenvalue weighted by Gasteiger charge is 2.33. The molecule has 0 aromatic heterocycles. The van der Waals surface area contributed by atoms with E-state index >= 15 is 0 Å². The van der Waals surface area contributed by atoms with Crippen LogP contribution >= 0.6 is 0 Å². The van der Waals surface area contributed by atoms with Crippen LogP contribution < -0.4 is 4.90 Å². The van der Waals surface area contributed by atoms with Crippen LogP contribution in [0.25, 0.3) is 0 Å². The molecule has 1 aromatic rings. The molecule has 0 N–H and O–H groups in total.